The second-order valence-corrected chi connectivity index (χ2v) is 4.71. The number of nitro benzene ring substituents is 2. The second-order valence-electron chi connectivity index (χ2n) is 4.71. The van der Waals surface area contributed by atoms with E-state index in [2.05, 4.69) is 0 Å². The average molecular weight is 316 g/mol. The molecule has 0 aliphatic carbocycles. The number of nitro groups is 2. The molecule has 8 heteroatoms. The molecule has 0 aliphatic heterocycles. The first-order valence-corrected chi connectivity index (χ1v) is 6.58. The second kappa shape index (κ2) is 6.65. The highest BCUT2D eigenvalue weighted by atomic mass is 16.6. The lowest BCUT2D eigenvalue weighted by Gasteiger charge is -2.13. The number of hydrogen-bond donors (Lipinski definition) is 0. The Hall–Kier alpha value is -3.29. The zero-order valence-electron chi connectivity index (χ0n) is 12.0. The van der Waals surface area contributed by atoms with E-state index in [1.54, 1.807) is 30.3 Å². The van der Waals surface area contributed by atoms with E-state index >= 15 is 0 Å². The van der Waals surface area contributed by atoms with Gasteiger partial charge in [0.25, 0.3) is 11.4 Å². The third kappa shape index (κ3) is 3.88. The normalized spacial score (nSPS) is 11.5. The fraction of sp³-hybridized carbons (Fsp3) is 0.133. The lowest BCUT2D eigenvalue weighted by Crippen LogP contribution is -2.09. The van der Waals surface area contributed by atoms with Crippen molar-refractivity contribution in [1.82, 2.24) is 0 Å². The molecule has 2 aromatic carbocycles. The molecule has 0 N–H and O–H groups in total. The van der Waals surface area contributed by atoms with Gasteiger partial charge in [0.15, 0.2) is 0 Å². The molecule has 118 valence electrons. The molecule has 0 spiro atoms. The highest BCUT2D eigenvalue weighted by Crippen LogP contribution is 2.28. The molecule has 0 saturated carbocycles. The van der Waals surface area contributed by atoms with Gasteiger partial charge in [-0.2, -0.15) is 0 Å². The summed E-state index contributed by atoms with van der Waals surface area (Å²) in [6.07, 6.45) is -0.874. The van der Waals surface area contributed by atoms with E-state index in [0.717, 1.165) is 18.2 Å². The molecule has 0 aliphatic rings. The fourth-order valence-corrected chi connectivity index (χ4v) is 1.93. The van der Waals surface area contributed by atoms with Gasteiger partial charge in [-0.05, 0) is 19.1 Å². The molecule has 8 nitrogen and oxygen atoms in total. The van der Waals surface area contributed by atoms with Gasteiger partial charge in [0.05, 0.1) is 21.5 Å². The maximum Gasteiger partial charge on any atom is 0.338 e. The molecular weight excluding hydrogens is 304 g/mol. The molecule has 0 bridgehead atoms. The van der Waals surface area contributed by atoms with Gasteiger partial charge in [-0.25, -0.2) is 4.79 Å². The molecule has 0 radical (unpaired) electrons. The van der Waals surface area contributed by atoms with Gasteiger partial charge in [-0.3, -0.25) is 20.2 Å². The quantitative estimate of drug-likeness (QED) is 0.474. The van der Waals surface area contributed by atoms with Crippen LogP contribution in [0, 0.1) is 20.2 Å². The van der Waals surface area contributed by atoms with Crippen LogP contribution in [0.2, 0.25) is 0 Å². The maximum absolute atomic E-state index is 12.0. The standard InChI is InChI=1S/C15H12N2O6/c1-10(23-15(18)11-5-3-2-4-6-11)12-7-13(16(19)20)9-14(8-12)17(21)22/h2-10H,1H3. The van der Waals surface area contributed by atoms with E-state index in [-0.39, 0.29) is 5.56 Å². The summed E-state index contributed by atoms with van der Waals surface area (Å²) in [5.41, 5.74) is -0.372. The maximum atomic E-state index is 12.0. The van der Waals surface area contributed by atoms with Crippen molar-refractivity contribution in [2.75, 3.05) is 0 Å². The van der Waals surface area contributed by atoms with Gasteiger partial charge in [0, 0.05) is 17.7 Å². The van der Waals surface area contributed by atoms with E-state index in [0.29, 0.717) is 5.56 Å². The van der Waals surface area contributed by atoms with E-state index < -0.39 is 33.3 Å². The molecule has 2 aromatic rings. The first-order chi connectivity index (χ1) is 10.9. The van der Waals surface area contributed by atoms with Crippen molar-refractivity contribution in [2.45, 2.75) is 13.0 Å². The molecular formula is C15H12N2O6. The highest BCUT2D eigenvalue weighted by molar-refractivity contribution is 5.89. The van der Waals surface area contributed by atoms with Crippen LogP contribution >= 0.6 is 0 Å². The van der Waals surface area contributed by atoms with Crippen LogP contribution in [0.3, 0.4) is 0 Å². The molecule has 23 heavy (non-hydrogen) atoms. The van der Waals surface area contributed by atoms with Crippen molar-refractivity contribution in [3.63, 3.8) is 0 Å². The Bertz CT molecular complexity index is 728. The largest absolute Gasteiger partial charge is 0.454 e. The molecule has 2 rings (SSSR count). The van der Waals surface area contributed by atoms with Crippen molar-refractivity contribution in [3.8, 4) is 0 Å². The number of rotatable bonds is 5. The predicted octanol–water partition coefficient (Wildman–Crippen LogP) is 3.42. The van der Waals surface area contributed by atoms with Crippen molar-refractivity contribution in [1.29, 1.82) is 0 Å². The zero-order chi connectivity index (χ0) is 17.0. The lowest BCUT2D eigenvalue weighted by atomic mass is 10.1. The van der Waals surface area contributed by atoms with Crippen LogP contribution in [0.4, 0.5) is 11.4 Å². The summed E-state index contributed by atoms with van der Waals surface area (Å²) in [5.74, 6) is -0.618. The Balaban J connectivity index is 2.28. The van der Waals surface area contributed by atoms with Crippen LogP contribution in [0.1, 0.15) is 28.9 Å². The van der Waals surface area contributed by atoms with E-state index in [1.807, 2.05) is 0 Å². The van der Waals surface area contributed by atoms with Crippen molar-refractivity contribution >= 4 is 17.3 Å². The van der Waals surface area contributed by atoms with Crippen LogP contribution in [0.5, 0.6) is 0 Å². The molecule has 0 aromatic heterocycles. The Morgan fingerprint density at radius 1 is 1.00 bits per heavy atom. The average Bonchev–Trinajstić information content (AvgIpc) is 2.55. The molecule has 0 amide bonds. The Morgan fingerprint density at radius 3 is 2.00 bits per heavy atom. The minimum absolute atomic E-state index is 0.176. The summed E-state index contributed by atoms with van der Waals surface area (Å²) in [5, 5.41) is 21.7. The number of esters is 1. The van der Waals surface area contributed by atoms with Crippen molar-refractivity contribution in [3.05, 3.63) is 79.9 Å². The third-order valence-corrected chi connectivity index (χ3v) is 3.11. The smallest absolute Gasteiger partial charge is 0.338 e. The van der Waals surface area contributed by atoms with Gasteiger partial charge in [-0.1, -0.05) is 18.2 Å². The molecule has 0 saturated heterocycles. The van der Waals surface area contributed by atoms with Gasteiger partial charge in [0.2, 0.25) is 0 Å². The number of non-ortho nitro benzene ring substituents is 2. The van der Waals surface area contributed by atoms with Crippen LogP contribution in [0.15, 0.2) is 48.5 Å². The minimum atomic E-state index is -0.874. The molecule has 0 fully saturated rings. The predicted molar refractivity (Wildman–Crippen MR) is 80.0 cm³/mol. The van der Waals surface area contributed by atoms with Gasteiger partial charge < -0.3 is 4.74 Å². The third-order valence-electron chi connectivity index (χ3n) is 3.11. The van der Waals surface area contributed by atoms with Crippen LogP contribution in [-0.2, 0) is 4.74 Å². The van der Waals surface area contributed by atoms with E-state index in [1.165, 1.54) is 6.92 Å². The summed E-state index contributed by atoms with van der Waals surface area (Å²) < 4.78 is 5.21. The Kier molecular flexibility index (Phi) is 4.65. The first-order valence-electron chi connectivity index (χ1n) is 6.58. The molecule has 1 atom stereocenters. The fourth-order valence-electron chi connectivity index (χ4n) is 1.93. The summed E-state index contributed by atoms with van der Waals surface area (Å²) >= 11 is 0. The van der Waals surface area contributed by atoms with Crippen molar-refractivity contribution < 1.29 is 19.4 Å². The van der Waals surface area contributed by atoms with Crippen LogP contribution in [-0.4, -0.2) is 15.8 Å². The zero-order valence-corrected chi connectivity index (χ0v) is 12.0. The Labute approximate surface area is 130 Å². The van der Waals surface area contributed by atoms with Gasteiger partial charge in [-0.15, -0.1) is 0 Å². The number of benzene rings is 2. The minimum Gasteiger partial charge on any atom is -0.454 e. The summed E-state index contributed by atoms with van der Waals surface area (Å²) in [4.78, 5) is 32.2. The summed E-state index contributed by atoms with van der Waals surface area (Å²) in [6, 6.07) is 11.3. The SMILES string of the molecule is CC(OC(=O)c1ccccc1)c1cc([N+](=O)[O-])cc([N+](=O)[O-])c1. The monoisotopic (exact) mass is 316 g/mol. The van der Waals surface area contributed by atoms with Gasteiger partial charge >= 0.3 is 5.97 Å². The molecule has 0 heterocycles. The van der Waals surface area contributed by atoms with E-state index in [9.17, 15) is 25.0 Å². The lowest BCUT2D eigenvalue weighted by molar-refractivity contribution is -0.394. The highest BCUT2D eigenvalue weighted by Gasteiger charge is 2.21. The Morgan fingerprint density at radius 2 is 1.52 bits per heavy atom. The summed E-state index contributed by atoms with van der Waals surface area (Å²) in [6.45, 7) is 1.49. The molecule has 1 unspecified atom stereocenters. The van der Waals surface area contributed by atoms with E-state index in [4.69, 9.17) is 4.74 Å². The number of ether oxygens (including phenoxy) is 1. The summed E-state index contributed by atoms with van der Waals surface area (Å²) in [7, 11) is 0. The first kappa shape index (κ1) is 16.1. The van der Waals surface area contributed by atoms with Gasteiger partial charge in [0.1, 0.15) is 6.10 Å². The number of carbonyl (C=O) groups excluding carboxylic acids is 1. The van der Waals surface area contributed by atoms with Crippen LogP contribution < -0.4 is 0 Å². The van der Waals surface area contributed by atoms with Crippen LogP contribution in [0.25, 0.3) is 0 Å². The number of carbonyl (C=O) groups is 1. The number of nitrogens with zero attached hydrogens (tertiary/aromatic N) is 2. The topological polar surface area (TPSA) is 113 Å². The van der Waals surface area contributed by atoms with Crippen molar-refractivity contribution in [2.24, 2.45) is 0 Å². The number of hydrogen-bond acceptors (Lipinski definition) is 6.